The Balaban J connectivity index is 1.60. The highest BCUT2D eigenvalue weighted by Crippen LogP contribution is 2.24. The van der Waals surface area contributed by atoms with Crippen molar-refractivity contribution in [1.29, 1.82) is 0 Å². The minimum absolute atomic E-state index is 0.0491. The van der Waals surface area contributed by atoms with Crippen LogP contribution in [0, 0.1) is 19.8 Å². The third-order valence-corrected chi connectivity index (χ3v) is 6.05. The van der Waals surface area contributed by atoms with Crippen molar-refractivity contribution in [2.45, 2.75) is 71.4 Å². The van der Waals surface area contributed by atoms with Crippen molar-refractivity contribution in [3.8, 4) is 0 Å². The number of benzene rings is 1. The third kappa shape index (κ3) is 7.79. The molecule has 0 aliphatic heterocycles. The monoisotopic (exact) mass is 438 g/mol. The molecule has 5 N–H and O–H groups in total. The Labute approximate surface area is 192 Å². The molecule has 0 saturated heterocycles. The van der Waals surface area contributed by atoms with Gasteiger partial charge in [0.25, 0.3) is 0 Å². The zero-order chi connectivity index (χ0) is 22.8. The molecule has 1 amide bonds. The standard InChI is InChI=1S/C25H38N6O/c1-18-10-12-21(13-11-18)16-27-24(32)22(9-6-14-26)30-23-15-19(2)29-25(31-23)28-17-20-7-4-3-5-8-20/h10-13,15,20,22H,3-9,14,16-17,26H2,1-2H3,(H,27,32)(H2,28,29,30,31)/t22-/m0/s1. The Bertz CT molecular complexity index is 848. The van der Waals surface area contributed by atoms with Gasteiger partial charge >= 0.3 is 0 Å². The van der Waals surface area contributed by atoms with E-state index in [-0.39, 0.29) is 5.91 Å². The summed E-state index contributed by atoms with van der Waals surface area (Å²) in [5, 5.41) is 9.77. The van der Waals surface area contributed by atoms with Gasteiger partial charge in [0.2, 0.25) is 11.9 Å². The second-order valence-electron chi connectivity index (χ2n) is 8.93. The number of aryl methyl sites for hydroxylation is 2. The molecule has 1 saturated carbocycles. The lowest BCUT2D eigenvalue weighted by atomic mass is 9.89. The first-order valence-corrected chi connectivity index (χ1v) is 11.9. The highest BCUT2D eigenvalue weighted by atomic mass is 16.2. The van der Waals surface area contributed by atoms with Gasteiger partial charge in [-0.2, -0.15) is 4.98 Å². The van der Waals surface area contributed by atoms with Crippen LogP contribution in [0.15, 0.2) is 30.3 Å². The van der Waals surface area contributed by atoms with Crippen molar-refractivity contribution in [1.82, 2.24) is 15.3 Å². The van der Waals surface area contributed by atoms with Gasteiger partial charge in [-0.3, -0.25) is 4.79 Å². The molecule has 1 aliphatic rings. The van der Waals surface area contributed by atoms with E-state index in [2.05, 4.69) is 45.0 Å². The maximum absolute atomic E-state index is 12.9. The molecule has 3 rings (SSSR count). The predicted octanol–water partition coefficient (Wildman–Crippen LogP) is 3.92. The second-order valence-corrected chi connectivity index (χ2v) is 8.93. The topological polar surface area (TPSA) is 105 Å². The molecule has 0 bridgehead atoms. The van der Waals surface area contributed by atoms with Gasteiger partial charge in [0.05, 0.1) is 0 Å². The number of nitrogens with two attached hydrogens (primary N) is 1. The van der Waals surface area contributed by atoms with E-state index in [0.717, 1.165) is 24.2 Å². The third-order valence-electron chi connectivity index (χ3n) is 6.05. The maximum Gasteiger partial charge on any atom is 0.242 e. The Hall–Kier alpha value is -2.67. The average Bonchev–Trinajstić information content (AvgIpc) is 2.80. The van der Waals surface area contributed by atoms with Crippen molar-refractivity contribution in [2.24, 2.45) is 11.7 Å². The molecule has 1 aromatic heterocycles. The zero-order valence-corrected chi connectivity index (χ0v) is 19.5. The summed E-state index contributed by atoms with van der Waals surface area (Å²) in [6.07, 6.45) is 7.92. The van der Waals surface area contributed by atoms with Crippen molar-refractivity contribution >= 4 is 17.7 Å². The first kappa shape index (κ1) is 24.0. The molecule has 7 heteroatoms. The molecule has 1 aliphatic carbocycles. The number of aromatic nitrogens is 2. The van der Waals surface area contributed by atoms with E-state index in [1.165, 1.54) is 37.7 Å². The van der Waals surface area contributed by atoms with Crippen molar-refractivity contribution < 1.29 is 4.79 Å². The minimum atomic E-state index is -0.399. The van der Waals surface area contributed by atoms with Gasteiger partial charge in [-0.05, 0) is 57.6 Å². The fraction of sp³-hybridized carbons (Fsp3) is 0.560. The van der Waals surface area contributed by atoms with Gasteiger partial charge in [0.15, 0.2) is 0 Å². The number of nitrogens with one attached hydrogen (secondary N) is 3. The molecule has 32 heavy (non-hydrogen) atoms. The van der Waals surface area contributed by atoms with Gasteiger partial charge in [-0.25, -0.2) is 4.98 Å². The van der Waals surface area contributed by atoms with Crippen LogP contribution in [-0.4, -0.2) is 35.0 Å². The van der Waals surface area contributed by atoms with Crippen LogP contribution in [-0.2, 0) is 11.3 Å². The highest BCUT2D eigenvalue weighted by Gasteiger charge is 2.19. The number of amides is 1. The summed E-state index contributed by atoms with van der Waals surface area (Å²) < 4.78 is 0. The summed E-state index contributed by atoms with van der Waals surface area (Å²) in [5.74, 6) is 1.92. The molecule has 1 aromatic carbocycles. The van der Waals surface area contributed by atoms with Crippen LogP contribution in [0.25, 0.3) is 0 Å². The summed E-state index contributed by atoms with van der Waals surface area (Å²) in [6.45, 7) is 5.94. The largest absolute Gasteiger partial charge is 0.358 e. The number of rotatable bonds is 11. The normalized spacial score (nSPS) is 15.2. The van der Waals surface area contributed by atoms with E-state index in [4.69, 9.17) is 5.73 Å². The van der Waals surface area contributed by atoms with Crippen LogP contribution in [0.2, 0.25) is 0 Å². The first-order valence-electron chi connectivity index (χ1n) is 11.9. The lowest BCUT2D eigenvalue weighted by Gasteiger charge is -2.22. The zero-order valence-electron chi connectivity index (χ0n) is 19.5. The van der Waals surface area contributed by atoms with Gasteiger partial charge in [-0.1, -0.05) is 49.1 Å². The van der Waals surface area contributed by atoms with Crippen LogP contribution >= 0.6 is 0 Å². The molecule has 2 aromatic rings. The number of carbonyl (C=O) groups is 1. The Morgan fingerprint density at radius 1 is 1.12 bits per heavy atom. The first-order chi connectivity index (χ1) is 15.5. The molecular weight excluding hydrogens is 400 g/mol. The SMILES string of the molecule is Cc1ccc(CNC(=O)[C@H](CCCN)Nc2cc(C)nc(NCC3CCCCC3)n2)cc1. The molecule has 0 unspecified atom stereocenters. The molecule has 1 atom stereocenters. The number of hydrogen-bond donors (Lipinski definition) is 4. The Morgan fingerprint density at radius 2 is 1.88 bits per heavy atom. The molecule has 0 radical (unpaired) electrons. The fourth-order valence-corrected chi connectivity index (χ4v) is 4.14. The predicted molar refractivity (Wildman–Crippen MR) is 131 cm³/mol. The summed E-state index contributed by atoms with van der Waals surface area (Å²) in [4.78, 5) is 22.1. The molecule has 1 heterocycles. The number of nitrogens with zero attached hydrogens (tertiary/aromatic N) is 2. The summed E-state index contributed by atoms with van der Waals surface area (Å²) in [6, 6.07) is 9.67. The van der Waals surface area contributed by atoms with Crippen LogP contribution in [0.1, 0.15) is 61.8 Å². The quantitative estimate of drug-likeness (QED) is 0.424. The van der Waals surface area contributed by atoms with Crippen molar-refractivity contribution in [3.63, 3.8) is 0 Å². The van der Waals surface area contributed by atoms with Crippen LogP contribution < -0.4 is 21.7 Å². The number of hydrogen-bond acceptors (Lipinski definition) is 6. The minimum Gasteiger partial charge on any atom is -0.358 e. The van der Waals surface area contributed by atoms with E-state index < -0.39 is 6.04 Å². The smallest absolute Gasteiger partial charge is 0.242 e. The second kappa shape index (κ2) is 12.4. The molecule has 7 nitrogen and oxygen atoms in total. The number of anilines is 2. The number of carbonyl (C=O) groups excluding carboxylic acids is 1. The lowest BCUT2D eigenvalue weighted by molar-refractivity contribution is -0.122. The van der Waals surface area contributed by atoms with E-state index in [9.17, 15) is 4.79 Å². The van der Waals surface area contributed by atoms with Gasteiger partial charge in [0, 0.05) is 24.8 Å². The molecule has 174 valence electrons. The van der Waals surface area contributed by atoms with E-state index in [0.29, 0.717) is 37.2 Å². The average molecular weight is 439 g/mol. The fourth-order valence-electron chi connectivity index (χ4n) is 4.14. The van der Waals surface area contributed by atoms with Gasteiger partial charge in [-0.15, -0.1) is 0 Å². The molecule has 1 fully saturated rings. The summed E-state index contributed by atoms with van der Waals surface area (Å²) in [5.41, 5.74) is 8.86. The van der Waals surface area contributed by atoms with Crippen LogP contribution in [0.3, 0.4) is 0 Å². The van der Waals surface area contributed by atoms with Gasteiger partial charge in [0.1, 0.15) is 11.9 Å². The highest BCUT2D eigenvalue weighted by molar-refractivity contribution is 5.84. The Kier molecular flexibility index (Phi) is 9.28. The van der Waals surface area contributed by atoms with Gasteiger partial charge < -0.3 is 21.7 Å². The van der Waals surface area contributed by atoms with Crippen LogP contribution in [0.4, 0.5) is 11.8 Å². The molecule has 0 spiro atoms. The van der Waals surface area contributed by atoms with Crippen LogP contribution in [0.5, 0.6) is 0 Å². The van der Waals surface area contributed by atoms with E-state index >= 15 is 0 Å². The summed E-state index contributed by atoms with van der Waals surface area (Å²) >= 11 is 0. The lowest BCUT2D eigenvalue weighted by Crippen LogP contribution is -2.40. The van der Waals surface area contributed by atoms with Crippen molar-refractivity contribution in [3.05, 3.63) is 47.2 Å². The molecular formula is C25H38N6O. The van der Waals surface area contributed by atoms with E-state index in [1.807, 2.05) is 25.1 Å². The van der Waals surface area contributed by atoms with Crippen molar-refractivity contribution in [2.75, 3.05) is 23.7 Å². The van der Waals surface area contributed by atoms with E-state index in [1.54, 1.807) is 0 Å². The summed E-state index contributed by atoms with van der Waals surface area (Å²) in [7, 11) is 0. The Morgan fingerprint density at radius 3 is 2.59 bits per heavy atom. The maximum atomic E-state index is 12.9.